The summed E-state index contributed by atoms with van der Waals surface area (Å²) in [5.41, 5.74) is 7.53. The second-order valence-electron chi connectivity index (χ2n) is 4.56. The number of amides is 1. The SMILES string of the molecule is CCOC(=O)C(N)CCSCC(=O)Nc1ccccc1C. The molecule has 6 heteroatoms. The number of aryl methyl sites for hydroxylation is 1. The Balaban J connectivity index is 2.22. The Morgan fingerprint density at radius 3 is 2.76 bits per heavy atom. The fraction of sp³-hybridized carbons (Fsp3) is 0.467. The summed E-state index contributed by atoms with van der Waals surface area (Å²) >= 11 is 1.45. The summed E-state index contributed by atoms with van der Waals surface area (Å²) in [5, 5.41) is 2.86. The van der Waals surface area contributed by atoms with Gasteiger partial charge in [-0.3, -0.25) is 9.59 Å². The van der Waals surface area contributed by atoms with E-state index in [0.29, 0.717) is 24.5 Å². The largest absolute Gasteiger partial charge is 0.465 e. The van der Waals surface area contributed by atoms with Crippen molar-refractivity contribution in [3.05, 3.63) is 29.8 Å². The molecule has 1 amide bonds. The van der Waals surface area contributed by atoms with Crippen molar-refractivity contribution in [2.45, 2.75) is 26.3 Å². The quantitative estimate of drug-likeness (QED) is 0.566. The fourth-order valence-corrected chi connectivity index (χ4v) is 2.46. The summed E-state index contributed by atoms with van der Waals surface area (Å²) in [6.45, 7) is 4.02. The van der Waals surface area contributed by atoms with Gasteiger partial charge in [-0.05, 0) is 37.7 Å². The first-order valence-electron chi connectivity index (χ1n) is 6.90. The van der Waals surface area contributed by atoms with Crippen LogP contribution in [0.4, 0.5) is 5.69 Å². The molecule has 0 saturated heterocycles. The van der Waals surface area contributed by atoms with E-state index in [4.69, 9.17) is 10.5 Å². The van der Waals surface area contributed by atoms with Gasteiger partial charge in [0, 0.05) is 5.69 Å². The van der Waals surface area contributed by atoms with Crippen LogP contribution in [-0.2, 0) is 14.3 Å². The van der Waals surface area contributed by atoms with E-state index in [1.54, 1.807) is 6.92 Å². The van der Waals surface area contributed by atoms with Crippen LogP contribution >= 0.6 is 11.8 Å². The minimum absolute atomic E-state index is 0.0565. The molecule has 1 rings (SSSR count). The molecule has 0 saturated carbocycles. The highest BCUT2D eigenvalue weighted by atomic mass is 32.2. The number of hydrogen-bond acceptors (Lipinski definition) is 5. The topological polar surface area (TPSA) is 81.4 Å². The van der Waals surface area contributed by atoms with E-state index in [2.05, 4.69) is 5.32 Å². The Morgan fingerprint density at radius 2 is 2.10 bits per heavy atom. The molecule has 0 aliphatic rings. The van der Waals surface area contributed by atoms with Crippen LogP contribution in [0.25, 0.3) is 0 Å². The van der Waals surface area contributed by atoms with E-state index in [1.807, 2.05) is 31.2 Å². The van der Waals surface area contributed by atoms with E-state index in [9.17, 15) is 9.59 Å². The van der Waals surface area contributed by atoms with Crippen LogP contribution < -0.4 is 11.1 Å². The first-order valence-corrected chi connectivity index (χ1v) is 8.05. The van der Waals surface area contributed by atoms with Crippen LogP contribution in [-0.4, -0.2) is 36.0 Å². The number of ether oxygens (including phenoxy) is 1. The van der Waals surface area contributed by atoms with Gasteiger partial charge in [-0.2, -0.15) is 11.8 Å². The highest BCUT2D eigenvalue weighted by Crippen LogP contribution is 2.14. The Bertz CT molecular complexity index is 480. The van der Waals surface area contributed by atoms with Gasteiger partial charge < -0.3 is 15.8 Å². The number of carbonyl (C=O) groups is 2. The van der Waals surface area contributed by atoms with E-state index in [0.717, 1.165) is 11.3 Å². The zero-order valence-electron chi connectivity index (χ0n) is 12.4. The second-order valence-corrected chi connectivity index (χ2v) is 5.67. The summed E-state index contributed by atoms with van der Waals surface area (Å²) in [6.07, 6.45) is 0.501. The normalized spacial score (nSPS) is 11.8. The molecule has 0 aliphatic heterocycles. The number of hydrogen-bond donors (Lipinski definition) is 2. The van der Waals surface area contributed by atoms with Gasteiger partial charge in [0.15, 0.2) is 0 Å². The van der Waals surface area contributed by atoms with Crippen molar-refractivity contribution in [3.63, 3.8) is 0 Å². The predicted octanol–water partition coefficient (Wildman–Crippen LogP) is 1.95. The lowest BCUT2D eigenvalue weighted by Crippen LogP contribution is -2.32. The zero-order chi connectivity index (χ0) is 15.7. The number of anilines is 1. The number of para-hydroxylation sites is 1. The number of nitrogens with one attached hydrogen (secondary N) is 1. The first kappa shape index (κ1) is 17.5. The lowest BCUT2D eigenvalue weighted by atomic mass is 10.2. The molecule has 0 fully saturated rings. The molecule has 0 aliphatic carbocycles. The Morgan fingerprint density at radius 1 is 1.38 bits per heavy atom. The molecule has 0 heterocycles. The average molecular weight is 310 g/mol. The number of rotatable bonds is 8. The van der Waals surface area contributed by atoms with Gasteiger partial charge in [0.25, 0.3) is 0 Å². The Kier molecular flexibility index (Phi) is 7.85. The molecule has 0 radical (unpaired) electrons. The third kappa shape index (κ3) is 6.64. The molecule has 116 valence electrons. The van der Waals surface area contributed by atoms with Crippen LogP contribution in [0.2, 0.25) is 0 Å². The molecule has 0 spiro atoms. The minimum atomic E-state index is -0.614. The molecule has 5 nitrogen and oxygen atoms in total. The van der Waals surface area contributed by atoms with Crippen LogP contribution in [0.1, 0.15) is 18.9 Å². The average Bonchev–Trinajstić information content (AvgIpc) is 2.46. The van der Waals surface area contributed by atoms with Crippen molar-refractivity contribution >= 4 is 29.3 Å². The molecule has 3 N–H and O–H groups in total. The van der Waals surface area contributed by atoms with Gasteiger partial charge in [-0.15, -0.1) is 0 Å². The maximum Gasteiger partial charge on any atom is 0.322 e. The second kappa shape index (κ2) is 9.41. The Labute approximate surface area is 129 Å². The van der Waals surface area contributed by atoms with Crippen molar-refractivity contribution in [1.29, 1.82) is 0 Å². The summed E-state index contributed by atoms with van der Waals surface area (Å²) in [4.78, 5) is 23.1. The number of esters is 1. The summed E-state index contributed by atoms with van der Waals surface area (Å²) < 4.78 is 4.82. The number of thioether (sulfide) groups is 1. The first-order chi connectivity index (χ1) is 10.0. The van der Waals surface area contributed by atoms with Crippen molar-refractivity contribution in [2.75, 3.05) is 23.4 Å². The van der Waals surface area contributed by atoms with Crippen LogP contribution in [0.3, 0.4) is 0 Å². The molecule has 1 atom stereocenters. The third-order valence-corrected chi connectivity index (χ3v) is 3.81. The number of benzene rings is 1. The maximum absolute atomic E-state index is 11.8. The molecular formula is C15H22N2O3S. The summed E-state index contributed by atoms with van der Waals surface area (Å²) in [7, 11) is 0. The highest BCUT2D eigenvalue weighted by molar-refractivity contribution is 7.99. The van der Waals surface area contributed by atoms with Crippen LogP contribution in [0.15, 0.2) is 24.3 Å². The Hall–Kier alpha value is -1.53. The highest BCUT2D eigenvalue weighted by Gasteiger charge is 2.14. The van der Waals surface area contributed by atoms with Gasteiger partial charge in [-0.1, -0.05) is 18.2 Å². The van der Waals surface area contributed by atoms with E-state index < -0.39 is 6.04 Å². The maximum atomic E-state index is 11.8. The van der Waals surface area contributed by atoms with Crippen LogP contribution in [0.5, 0.6) is 0 Å². The van der Waals surface area contributed by atoms with E-state index >= 15 is 0 Å². The van der Waals surface area contributed by atoms with Gasteiger partial charge in [0.05, 0.1) is 12.4 Å². The van der Waals surface area contributed by atoms with E-state index in [-0.39, 0.29) is 11.9 Å². The van der Waals surface area contributed by atoms with Crippen molar-refractivity contribution in [1.82, 2.24) is 0 Å². The molecular weight excluding hydrogens is 288 g/mol. The predicted molar refractivity (Wildman–Crippen MR) is 86.4 cm³/mol. The van der Waals surface area contributed by atoms with Gasteiger partial charge in [0.1, 0.15) is 6.04 Å². The monoisotopic (exact) mass is 310 g/mol. The number of carbonyl (C=O) groups excluding carboxylic acids is 2. The summed E-state index contributed by atoms with van der Waals surface area (Å²) in [5.74, 6) is 0.534. The van der Waals surface area contributed by atoms with Gasteiger partial charge >= 0.3 is 5.97 Å². The van der Waals surface area contributed by atoms with Gasteiger partial charge in [-0.25, -0.2) is 0 Å². The van der Waals surface area contributed by atoms with Crippen molar-refractivity contribution < 1.29 is 14.3 Å². The van der Waals surface area contributed by atoms with Crippen molar-refractivity contribution in [3.8, 4) is 0 Å². The standard InChI is InChI=1S/C15H22N2O3S/c1-3-20-15(19)12(16)8-9-21-10-14(18)17-13-7-5-4-6-11(13)2/h4-7,12H,3,8-10,16H2,1-2H3,(H,17,18). The molecule has 21 heavy (non-hydrogen) atoms. The van der Waals surface area contributed by atoms with Crippen molar-refractivity contribution in [2.24, 2.45) is 5.73 Å². The third-order valence-electron chi connectivity index (χ3n) is 2.81. The minimum Gasteiger partial charge on any atom is -0.465 e. The molecule has 0 bridgehead atoms. The molecule has 1 unspecified atom stereocenters. The molecule has 1 aromatic carbocycles. The van der Waals surface area contributed by atoms with E-state index in [1.165, 1.54) is 11.8 Å². The fourth-order valence-electron chi connectivity index (χ4n) is 1.64. The lowest BCUT2D eigenvalue weighted by molar-refractivity contribution is -0.144. The zero-order valence-corrected chi connectivity index (χ0v) is 13.2. The lowest BCUT2D eigenvalue weighted by Gasteiger charge is -2.10. The molecule has 0 aromatic heterocycles. The smallest absolute Gasteiger partial charge is 0.322 e. The molecule has 1 aromatic rings. The summed E-state index contributed by atoms with van der Waals surface area (Å²) in [6, 6.07) is 7.01. The van der Waals surface area contributed by atoms with Crippen LogP contribution in [0, 0.1) is 6.92 Å². The number of nitrogens with two attached hydrogens (primary N) is 1. The van der Waals surface area contributed by atoms with Gasteiger partial charge in [0.2, 0.25) is 5.91 Å².